The molecule has 0 unspecified atom stereocenters. The van der Waals surface area contributed by atoms with Crippen molar-refractivity contribution in [2.75, 3.05) is 26.9 Å². The molecule has 0 saturated carbocycles. The number of methoxy groups -OCH3 is 1. The quantitative estimate of drug-likeness (QED) is 0.272. The molecular weight excluding hydrogens is 402 g/mol. The maximum Gasteiger partial charge on any atom is 0.191 e. The average molecular weight is 436 g/mol. The third kappa shape index (κ3) is 7.13. The van der Waals surface area contributed by atoms with E-state index in [1.807, 2.05) is 67.2 Å². The van der Waals surface area contributed by atoms with Crippen molar-refractivity contribution in [3.63, 3.8) is 0 Å². The Morgan fingerprint density at radius 3 is 2.59 bits per heavy atom. The van der Waals surface area contributed by atoms with Crippen LogP contribution in [0.2, 0.25) is 0 Å². The van der Waals surface area contributed by atoms with Gasteiger partial charge >= 0.3 is 0 Å². The fourth-order valence-corrected chi connectivity index (χ4v) is 3.21. The summed E-state index contributed by atoms with van der Waals surface area (Å²) in [7, 11) is 1.67. The van der Waals surface area contributed by atoms with Gasteiger partial charge in [-0.25, -0.2) is 9.67 Å². The first-order valence-corrected chi connectivity index (χ1v) is 11.0. The minimum Gasteiger partial charge on any atom is -0.497 e. The molecule has 0 spiro atoms. The van der Waals surface area contributed by atoms with Crippen molar-refractivity contribution in [3.05, 3.63) is 77.6 Å². The van der Waals surface area contributed by atoms with Crippen molar-refractivity contribution < 1.29 is 9.47 Å². The summed E-state index contributed by atoms with van der Waals surface area (Å²) in [6.07, 6.45) is 2.90. The maximum atomic E-state index is 5.44. The molecule has 0 radical (unpaired) electrons. The summed E-state index contributed by atoms with van der Waals surface area (Å²) in [5, 5.41) is 11.4. The number of hydrogen-bond donors (Lipinski definition) is 2. The summed E-state index contributed by atoms with van der Waals surface area (Å²) in [5.41, 5.74) is 4.31. The number of nitrogens with one attached hydrogen (secondary N) is 2. The van der Waals surface area contributed by atoms with Crippen LogP contribution in [0.4, 0.5) is 0 Å². The lowest BCUT2D eigenvalue weighted by Crippen LogP contribution is -2.38. The molecule has 170 valence electrons. The minimum absolute atomic E-state index is 0.574. The van der Waals surface area contributed by atoms with E-state index < -0.39 is 0 Å². The number of para-hydroxylation sites is 1. The number of guanidine groups is 1. The maximum absolute atomic E-state index is 5.44. The lowest BCUT2D eigenvalue weighted by atomic mass is 10.2. The van der Waals surface area contributed by atoms with Gasteiger partial charge in [-0.2, -0.15) is 5.10 Å². The lowest BCUT2D eigenvalue weighted by molar-refractivity contribution is 0.145. The monoisotopic (exact) mass is 435 g/mol. The zero-order valence-electron chi connectivity index (χ0n) is 19.2. The first kappa shape index (κ1) is 23.3. The molecule has 0 aliphatic carbocycles. The average Bonchev–Trinajstić information content (AvgIpc) is 3.26. The fraction of sp³-hybridized carbons (Fsp3) is 0.360. The van der Waals surface area contributed by atoms with Crippen LogP contribution in [0.5, 0.6) is 5.75 Å². The fourth-order valence-electron chi connectivity index (χ4n) is 3.21. The van der Waals surface area contributed by atoms with Crippen LogP contribution in [0.3, 0.4) is 0 Å². The zero-order chi connectivity index (χ0) is 22.6. The molecule has 3 aromatic rings. The molecular formula is C25H33N5O2. The Balaban J connectivity index is 1.67. The molecule has 0 atom stereocenters. The molecule has 0 aliphatic rings. The standard InChI is InChI=1S/C25H33N5O2/c1-4-32-17-7-15-26-25(27-18-21-10-12-23(31-3)13-11-21)28-19-22-8-5-6-9-24(22)30-16-14-20(2)29-30/h5-6,8-14,16H,4,7,15,17-19H2,1-3H3,(H2,26,27,28). The van der Waals surface area contributed by atoms with Crippen molar-refractivity contribution in [2.45, 2.75) is 33.4 Å². The Morgan fingerprint density at radius 2 is 1.88 bits per heavy atom. The van der Waals surface area contributed by atoms with Crippen LogP contribution in [0, 0.1) is 6.92 Å². The van der Waals surface area contributed by atoms with Gasteiger partial charge in [0, 0.05) is 32.5 Å². The molecule has 3 rings (SSSR count). The Bertz CT molecular complexity index is 982. The first-order chi connectivity index (χ1) is 15.7. The van der Waals surface area contributed by atoms with Gasteiger partial charge in [0.1, 0.15) is 5.75 Å². The van der Waals surface area contributed by atoms with Crippen LogP contribution in [-0.4, -0.2) is 42.6 Å². The summed E-state index contributed by atoms with van der Waals surface area (Å²) in [6.45, 7) is 7.47. The van der Waals surface area contributed by atoms with Crippen molar-refractivity contribution >= 4 is 5.96 Å². The zero-order valence-corrected chi connectivity index (χ0v) is 19.2. The van der Waals surface area contributed by atoms with Gasteiger partial charge in [0.05, 0.1) is 25.0 Å². The van der Waals surface area contributed by atoms with Gasteiger partial charge in [-0.1, -0.05) is 30.3 Å². The smallest absolute Gasteiger partial charge is 0.191 e. The lowest BCUT2D eigenvalue weighted by Gasteiger charge is -2.15. The van der Waals surface area contributed by atoms with Gasteiger partial charge in [0.25, 0.3) is 0 Å². The van der Waals surface area contributed by atoms with Gasteiger partial charge in [0.15, 0.2) is 5.96 Å². The molecule has 7 nitrogen and oxygen atoms in total. The predicted molar refractivity (Wildman–Crippen MR) is 128 cm³/mol. The number of aryl methyl sites for hydroxylation is 1. The van der Waals surface area contributed by atoms with Gasteiger partial charge in [-0.15, -0.1) is 0 Å². The third-order valence-corrected chi connectivity index (χ3v) is 4.95. The molecule has 0 saturated heterocycles. The molecule has 32 heavy (non-hydrogen) atoms. The number of aliphatic imine (C=N–C) groups is 1. The SMILES string of the molecule is CCOCCCNC(=NCc1ccc(OC)cc1)NCc1ccccc1-n1ccc(C)n1. The second-order valence-corrected chi connectivity index (χ2v) is 7.37. The summed E-state index contributed by atoms with van der Waals surface area (Å²) >= 11 is 0. The van der Waals surface area contributed by atoms with Crippen LogP contribution in [0.1, 0.15) is 30.2 Å². The van der Waals surface area contributed by atoms with E-state index in [9.17, 15) is 0 Å². The number of hydrogen-bond acceptors (Lipinski definition) is 4. The Morgan fingerprint density at radius 1 is 1.06 bits per heavy atom. The van der Waals surface area contributed by atoms with E-state index in [0.717, 1.165) is 60.4 Å². The van der Waals surface area contributed by atoms with Crippen molar-refractivity contribution in [1.29, 1.82) is 0 Å². The van der Waals surface area contributed by atoms with E-state index in [-0.39, 0.29) is 0 Å². The third-order valence-electron chi connectivity index (χ3n) is 4.95. The molecule has 0 amide bonds. The first-order valence-electron chi connectivity index (χ1n) is 11.0. The number of ether oxygens (including phenoxy) is 2. The summed E-state index contributed by atoms with van der Waals surface area (Å²) in [5.74, 6) is 1.61. The Labute approximate surface area is 190 Å². The van der Waals surface area contributed by atoms with E-state index in [1.54, 1.807) is 7.11 Å². The van der Waals surface area contributed by atoms with E-state index >= 15 is 0 Å². The van der Waals surface area contributed by atoms with Crippen LogP contribution in [-0.2, 0) is 17.8 Å². The highest BCUT2D eigenvalue weighted by molar-refractivity contribution is 5.79. The van der Waals surface area contributed by atoms with E-state index in [1.165, 1.54) is 0 Å². The molecule has 0 bridgehead atoms. The topological polar surface area (TPSA) is 72.7 Å². The number of nitrogens with zero attached hydrogens (tertiary/aromatic N) is 3. The summed E-state index contributed by atoms with van der Waals surface area (Å²) < 4.78 is 12.6. The Kier molecular flexibility index (Phi) is 9.13. The van der Waals surface area contributed by atoms with Gasteiger partial charge < -0.3 is 20.1 Å². The molecule has 1 aromatic heterocycles. The van der Waals surface area contributed by atoms with Crippen LogP contribution < -0.4 is 15.4 Å². The summed E-state index contributed by atoms with van der Waals surface area (Å²) in [6, 6.07) is 18.2. The number of aromatic nitrogens is 2. The molecule has 1 heterocycles. The van der Waals surface area contributed by atoms with Crippen molar-refractivity contribution in [1.82, 2.24) is 20.4 Å². The summed E-state index contributed by atoms with van der Waals surface area (Å²) in [4.78, 5) is 4.78. The van der Waals surface area contributed by atoms with Crippen LogP contribution in [0.25, 0.3) is 5.69 Å². The molecule has 7 heteroatoms. The van der Waals surface area contributed by atoms with Gasteiger partial charge in [-0.3, -0.25) is 0 Å². The molecule has 0 aliphatic heterocycles. The minimum atomic E-state index is 0.574. The van der Waals surface area contributed by atoms with Crippen LogP contribution in [0.15, 0.2) is 65.8 Å². The number of benzene rings is 2. The highest BCUT2D eigenvalue weighted by atomic mass is 16.5. The number of rotatable bonds is 11. The largest absolute Gasteiger partial charge is 0.497 e. The van der Waals surface area contributed by atoms with Crippen LogP contribution >= 0.6 is 0 Å². The highest BCUT2D eigenvalue weighted by Gasteiger charge is 2.07. The normalized spacial score (nSPS) is 11.4. The molecule has 0 fully saturated rings. The predicted octanol–water partition coefficient (Wildman–Crippen LogP) is 3.85. The van der Waals surface area contributed by atoms with E-state index in [4.69, 9.17) is 14.5 Å². The van der Waals surface area contributed by atoms with E-state index in [0.29, 0.717) is 13.1 Å². The highest BCUT2D eigenvalue weighted by Crippen LogP contribution is 2.14. The van der Waals surface area contributed by atoms with Crippen molar-refractivity contribution in [3.8, 4) is 11.4 Å². The van der Waals surface area contributed by atoms with Gasteiger partial charge in [-0.05, 0) is 55.7 Å². The second kappa shape index (κ2) is 12.5. The molecule has 2 aromatic carbocycles. The van der Waals surface area contributed by atoms with E-state index in [2.05, 4.69) is 27.9 Å². The molecule has 2 N–H and O–H groups in total. The van der Waals surface area contributed by atoms with Gasteiger partial charge in [0.2, 0.25) is 0 Å². The second-order valence-electron chi connectivity index (χ2n) is 7.37. The Hall–Kier alpha value is -3.32. The van der Waals surface area contributed by atoms with Crippen molar-refractivity contribution in [2.24, 2.45) is 4.99 Å².